The van der Waals surface area contributed by atoms with Crippen molar-refractivity contribution in [2.75, 3.05) is 0 Å². The van der Waals surface area contributed by atoms with Gasteiger partial charge in [0.1, 0.15) is 0 Å². The predicted molar refractivity (Wildman–Crippen MR) is 64.8 cm³/mol. The van der Waals surface area contributed by atoms with Gasteiger partial charge in [-0.3, -0.25) is 0 Å². The summed E-state index contributed by atoms with van der Waals surface area (Å²) in [6.07, 6.45) is 0.460. The van der Waals surface area contributed by atoms with Crippen molar-refractivity contribution in [2.24, 2.45) is 0 Å². The number of nitriles is 1. The van der Waals surface area contributed by atoms with Crippen molar-refractivity contribution in [3.8, 4) is 6.07 Å². The van der Waals surface area contributed by atoms with E-state index in [0.717, 1.165) is 10.9 Å². The van der Waals surface area contributed by atoms with Crippen LogP contribution in [0.1, 0.15) is 17.4 Å². The number of nitrogens with zero attached hydrogens (tertiary/aromatic N) is 1. The van der Waals surface area contributed by atoms with Gasteiger partial charge >= 0.3 is 0 Å². The average Bonchev–Trinajstić information content (AvgIpc) is 2.79. The Morgan fingerprint density at radius 2 is 1.94 bits per heavy atom. The third-order valence-corrected chi connectivity index (χ3v) is 2.85. The molecule has 0 fully saturated rings. The molecule has 0 saturated carbocycles. The molecule has 0 unspecified atom stereocenters. The average molecular weight is 251 g/mol. The van der Waals surface area contributed by atoms with Gasteiger partial charge in [0.2, 0.25) is 0 Å². The van der Waals surface area contributed by atoms with Crippen LogP contribution in [0.25, 0.3) is 0 Å². The molecule has 17 heavy (non-hydrogen) atoms. The predicted octanol–water partition coefficient (Wildman–Crippen LogP) is 4.15. The van der Waals surface area contributed by atoms with Gasteiger partial charge < -0.3 is 0 Å². The lowest BCUT2D eigenvalue weighted by Crippen LogP contribution is -1.93. The molecule has 0 N–H and O–H groups in total. The quantitative estimate of drug-likeness (QED) is 0.786. The van der Waals surface area contributed by atoms with Crippen LogP contribution < -0.4 is 0 Å². The monoisotopic (exact) mass is 251 g/mol. The fraction of sp³-hybridized carbons (Fsp3) is 0.154. The molecule has 88 valence electrons. The van der Waals surface area contributed by atoms with Gasteiger partial charge in [0.15, 0.2) is 11.6 Å². The summed E-state index contributed by atoms with van der Waals surface area (Å²) in [5, 5.41) is 9.24. The minimum absolute atomic E-state index is 0.410. The molecule has 0 saturated heterocycles. The van der Waals surface area contributed by atoms with E-state index < -0.39 is 11.6 Å². The Balaban J connectivity index is 0.000000437. The highest BCUT2D eigenvalue weighted by molar-refractivity contribution is 7.09. The van der Waals surface area contributed by atoms with E-state index in [4.69, 9.17) is 5.26 Å². The fourth-order valence-corrected chi connectivity index (χ4v) is 2.01. The number of hydrogen-bond donors (Lipinski definition) is 0. The van der Waals surface area contributed by atoms with Gasteiger partial charge in [-0.2, -0.15) is 5.26 Å². The fourth-order valence-electron chi connectivity index (χ4n) is 1.29. The van der Waals surface area contributed by atoms with Crippen molar-refractivity contribution in [2.45, 2.75) is 13.3 Å². The lowest BCUT2D eigenvalue weighted by molar-refractivity contribution is 0.501. The zero-order valence-electron chi connectivity index (χ0n) is 9.28. The van der Waals surface area contributed by atoms with Crippen LogP contribution in [0.4, 0.5) is 8.78 Å². The van der Waals surface area contributed by atoms with Crippen molar-refractivity contribution in [3.05, 3.63) is 57.8 Å². The van der Waals surface area contributed by atoms with Crippen molar-refractivity contribution >= 4 is 11.3 Å². The number of hydrogen-bond acceptors (Lipinski definition) is 2. The highest BCUT2D eigenvalue weighted by Gasteiger charge is 2.07. The van der Waals surface area contributed by atoms with Gasteiger partial charge in [-0.25, -0.2) is 8.78 Å². The van der Waals surface area contributed by atoms with E-state index >= 15 is 0 Å². The maximum atomic E-state index is 13.2. The van der Waals surface area contributed by atoms with Crippen molar-refractivity contribution < 1.29 is 8.78 Å². The second-order valence-corrected chi connectivity index (χ2v) is 4.22. The third kappa shape index (κ3) is 3.97. The Morgan fingerprint density at radius 3 is 2.53 bits per heavy atom. The van der Waals surface area contributed by atoms with Gasteiger partial charge in [-0.15, -0.1) is 11.3 Å². The first-order chi connectivity index (χ1) is 8.19. The standard InChI is InChI=1S/C11H8F2S.C2H3N/c12-10-5-1-3-8(11(10)13)7-9-4-2-6-14-9;1-2-3/h1-6H,7H2;1H3. The first-order valence-electron chi connectivity index (χ1n) is 4.95. The summed E-state index contributed by atoms with van der Waals surface area (Å²) in [7, 11) is 0. The van der Waals surface area contributed by atoms with E-state index in [1.165, 1.54) is 13.0 Å². The van der Waals surface area contributed by atoms with Crippen molar-refractivity contribution in [1.82, 2.24) is 0 Å². The molecule has 0 aliphatic carbocycles. The maximum absolute atomic E-state index is 13.2. The molecule has 1 aromatic carbocycles. The van der Waals surface area contributed by atoms with Gasteiger partial charge in [0.05, 0.1) is 6.07 Å². The Kier molecular flexibility index (Phi) is 5.31. The van der Waals surface area contributed by atoms with Crippen LogP contribution in [0.15, 0.2) is 35.7 Å². The zero-order chi connectivity index (χ0) is 12.7. The van der Waals surface area contributed by atoms with Gasteiger partial charge in [0.25, 0.3) is 0 Å². The molecule has 0 aliphatic rings. The van der Waals surface area contributed by atoms with Crippen LogP contribution >= 0.6 is 11.3 Å². The van der Waals surface area contributed by atoms with Crippen LogP contribution in [0.5, 0.6) is 0 Å². The minimum Gasteiger partial charge on any atom is -0.204 e. The molecule has 0 radical (unpaired) electrons. The summed E-state index contributed by atoms with van der Waals surface area (Å²) in [5.41, 5.74) is 0.410. The topological polar surface area (TPSA) is 23.8 Å². The maximum Gasteiger partial charge on any atom is 0.162 e. The molecule has 0 aliphatic heterocycles. The van der Waals surface area contributed by atoms with E-state index in [9.17, 15) is 8.78 Å². The highest BCUT2D eigenvalue weighted by atomic mass is 32.1. The first-order valence-corrected chi connectivity index (χ1v) is 5.83. The molecule has 0 spiro atoms. The second kappa shape index (κ2) is 6.77. The van der Waals surface area contributed by atoms with Crippen LogP contribution in [-0.2, 0) is 6.42 Å². The zero-order valence-corrected chi connectivity index (χ0v) is 10.1. The van der Waals surface area contributed by atoms with Crippen LogP contribution in [0.2, 0.25) is 0 Å². The van der Waals surface area contributed by atoms with E-state index in [1.54, 1.807) is 23.5 Å². The normalized spacial score (nSPS) is 9.06. The molecule has 1 aromatic heterocycles. The highest BCUT2D eigenvalue weighted by Crippen LogP contribution is 2.18. The molecular weight excluding hydrogens is 240 g/mol. The van der Waals surface area contributed by atoms with Crippen LogP contribution in [0, 0.1) is 23.0 Å². The lowest BCUT2D eigenvalue weighted by atomic mass is 10.1. The molecule has 0 atom stereocenters. The second-order valence-electron chi connectivity index (χ2n) is 3.19. The van der Waals surface area contributed by atoms with Crippen LogP contribution in [-0.4, -0.2) is 0 Å². The SMILES string of the molecule is CC#N.Fc1cccc(Cc2cccs2)c1F. The molecule has 0 amide bonds. The van der Waals surface area contributed by atoms with Gasteiger partial charge in [-0.05, 0) is 23.1 Å². The van der Waals surface area contributed by atoms with Gasteiger partial charge in [0, 0.05) is 18.2 Å². The molecule has 4 heteroatoms. The lowest BCUT2D eigenvalue weighted by Gasteiger charge is -2.01. The summed E-state index contributed by atoms with van der Waals surface area (Å²) < 4.78 is 26.1. The molecule has 1 nitrogen and oxygen atoms in total. The van der Waals surface area contributed by atoms with Crippen molar-refractivity contribution in [3.63, 3.8) is 0 Å². The summed E-state index contributed by atoms with van der Waals surface area (Å²) >= 11 is 1.54. The summed E-state index contributed by atoms with van der Waals surface area (Å²) in [4.78, 5) is 1.04. The summed E-state index contributed by atoms with van der Waals surface area (Å²) in [6, 6.07) is 9.83. The van der Waals surface area contributed by atoms with E-state index in [1.807, 2.05) is 17.5 Å². The first kappa shape index (κ1) is 13.3. The minimum atomic E-state index is -0.779. The molecule has 0 bridgehead atoms. The van der Waals surface area contributed by atoms with Crippen LogP contribution in [0.3, 0.4) is 0 Å². The largest absolute Gasteiger partial charge is 0.204 e. The van der Waals surface area contributed by atoms with E-state index in [-0.39, 0.29) is 0 Å². The number of benzene rings is 1. The molecule has 2 aromatic rings. The number of thiophene rings is 1. The molecular formula is C13H11F2NS. The van der Waals surface area contributed by atoms with E-state index in [2.05, 4.69) is 0 Å². The van der Waals surface area contributed by atoms with Crippen molar-refractivity contribution in [1.29, 1.82) is 5.26 Å². The van der Waals surface area contributed by atoms with Gasteiger partial charge in [-0.1, -0.05) is 18.2 Å². The number of halogens is 2. The van der Waals surface area contributed by atoms with E-state index in [0.29, 0.717) is 12.0 Å². The Hall–Kier alpha value is -1.73. The number of rotatable bonds is 2. The molecule has 1 heterocycles. The summed E-state index contributed by atoms with van der Waals surface area (Å²) in [5.74, 6) is -1.51. The Morgan fingerprint density at radius 1 is 1.24 bits per heavy atom. The summed E-state index contributed by atoms with van der Waals surface area (Å²) in [6.45, 7) is 1.43. The Bertz CT molecular complexity index is 501. The molecule has 2 rings (SSSR count). The third-order valence-electron chi connectivity index (χ3n) is 1.98. The Labute approximate surface area is 103 Å². The smallest absolute Gasteiger partial charge is 0.162 e.